The zero-order chi connectivity index (χ0) is 14.6. The Morgan fingerprint density at radius 2 is 2.25 bits per heavy atom. The van der Waals surface area contributed by atoms with Crippen molar-refractivity contribution in [1.82, 2.24) is 15.5 Å². The summed E-state index contributed by atoms with van der Waals surface area (Å²) in [5.41, 5.74) is -0.425. The normalized spacial score (nSPS) is 30.1. The number of amides is 2. The maximum absolute atomic E-state index is 12.6. The highest BCUT2D eigenvalue weighted by atomic mass is 16.5. The quantitative estimate of drug-likeness (QED) is 0.806. The molecule has 2 atom stereocenters. The molecule has 2 aliphatic rings. The summed E-state index contributed by atoms with van der Waals surface area (Å²) in [4.78, 5) is 25.9. The largest absolute Gasteiger partial charge is 0.450 e. The molecule has 0 radical (unpaired) electrons. The highest BCUT2D eigenvalue weighted by Crippen LogP contribution is 2.23. The van der Waals surface area contributed by atoms with Crippen molar-refractivity contribution >= 4 is 12.0 Å². The summed E-state index contributed by atoms with van der Waals surface area (Å²) < 4.78 is 4.89. The third-order valence-electron chi connectivity index (χ3n) is 4.15. The van der Waals surface area contributed by atoms with Gasteiger partial charge in [0.1, 0.15) is 0 Å². The molecule has 2 saturated heterocycles. The lowest BCUT2D eigenvalue weighted by atomic mass is 9.96. The van der Waals surface area contributed by atoms with E-state index in [1.807, 2.05) is 11.8 Å². The van der Waals surface area contributed by atoms with Crippen molar-refractivity contribution in [3.05, 3.63) is 0 Å². The second kappa shape index (κ2) is 6.43. The monoisotopic (exact) mass is 283 g/mol. The third-order valence-corrected chi connectivity index (χ3v) is 4.15. The predicted octanol–water partition coefficient (Wildman–Crippen LogP) is 0.866. The first kappa shape index (κ1) is 15.1. The van der Waals surface area contributed by atoms with E-state index in [2.05, 4.69) is 10.6 Å². The maximum atomic E-state index is 12.6. The van der Waals surface area contributed by atoms with E-state index in [-0.39, 0.29) is 11.9 Å². The number of ether oxygens (including phenoxy) is 1. The molecule has 20 heavy (non-hydrogen) atoms. The Labute approximate surface area is 120 Å². The van der Waals surface area contributed by atoms with E-state index >= 15 is 0 Å². The van der Waals surface area contributed by atoms with Gasteiger partial charge >= 0.3 is 6.09 Å². The van der Waals surface area contributed by atoms with E-state index < -0.39 is 11.6 Å². The summed E-state index contributed by atoms with van der Waals surface area (Å²) >= 11 is 0. The van der Waals surface area contributed by atoms with Gasteiger partial charge in [0, 0.05) is 19.1 Å². The minimum atomic E-state index is -0.425. The van der Waals surface area contributed by atoms with E-state index in [0.717, 1.165) is 38.8 Å². The molecule has 0 saturated carbocycles. The second-order valence-electron chi connectivity index (χ2n) is 5.82. The number of nitrogens with one attached hydrogen (secondary N) is 2. The van der Waals surface area contributed by atoms with Crippen LogP contribution in [0.25, 0.3) is 0 Å². The number of carbonyl (C=O) groups is 2. The van der Waals surface area contributed by atoms with Crippen molar-refractivity contribution in [3.63, 3.8) is 0 Å². The lowest BCUT2D eigenvalue weighted by molar-refractivity contribution is -0.138. The zero-order valence-corrected chi connectivity index (χ0v) is 12.4. The van der Waals surface area contributed by atoms with E-state index in [9.17, 15) is 9.59 Å². The summed E-state index contributed by atoms with van der Waals surface area (Å²) in [5.74, 6) is 0.158. The van der Waals surface area contributed by atoms with Gasteiger partial charge in [0.15, 0.2) is 0 Å². The van der Waals surface area contributed by atoms with Gasteiger partial charge in [-0.15, -0.1) is 0 Å². The van der Waals surface area contributed by atoms with Gasteiger partial charge in [0.25, 0.3) is 0 Å². The Bertz CT molecular complexity index is 367. The van der Waals surface area contributed by atoms with Crippen LogP contribution in [0.4, 0.5) is 4.79 Å². The van der Waals surface area contributed by atoms with Crippen LogP contribution in [0, 0.1) is 0 Å². The molecule has 0 spiro atoms. The average molecular weight is 283 g/mol. The van der Waals surface area contributed by atoms with E-state index in [0.29, 0.717) is 13.2 Å². The average Bonchev–Trinajstić information content (AvgIpc) is 2.86. The minimum absolute atomic E-state index is 0.00301. The number of piperidine rings is 1. The molecule has 6 heteroatoms. The van der Waals surface area contributed by atoms with Crippen LogP contribution in [0.15, 0.2) is 0 Å². The highest BCUT2D eigenvalue weighted by molar-refractivity contribution is 5.86. The Balaban J connectivity index is 1.89. The number of rotatable bonds is 3. The molecule has 0 bridgehead atoms. The molecule has 0 aromatic heterocycles. The zero-order valence-electron chi connectivity index (χ0n) is 12.4. The van der Waals surface area contributed by atoms with Crippen LogP contribution in [-0.4, -0.2) is 54.7 Å². The smallest absolute Gasteiger partial charge is 0.407 e. The van der Waals surface area contributed by atoms with Crippen LogP contribution in [-0.2, 0) is 9.53 Å². The van der Waals surface area contributed by atoms with Crippen LogP contribution >= 0.6 is 0 Å². The summed E-state index contributed by atoms with van der Waals surface area (Å²) in [6.07, 6.45) is 3.35. The molecular formula is C14H25N3O3. The fourth-order valence-electron chi connectivity index (χ4n) is 3.04. The van der Waals surface area contributed by atoms with Crippen LogP contribution < -0.4 is 10.6 Å². The molecule has 2 rings (SSSR count). The van der Waals surface area contributed by atoms with E-state index in [1.54, 1.807) is 6.92 Å². The number of hydrogen-bond donors (Lipinski definition) is 2. The first-order valence-electron chi connectivity index (χ1n) is 7.53. The number of carbonyl (C=O) groups excluding carboxylic acids is 2. The Morgan fingerprint density at radius 1 is 1.45 bits per heavy atom. The Kier molecular flexibility index (Phi) is 4.86. The van der Waals surface area contributed by atoms with Crippen molar-refractivity contribution in [2.24, 2.45) is 0 Å². The van der Waals surface area contributed by atoms with Crippen LogP contribution in [0.2, 0.25) is 0 Å². The van der Waals surface area contributed by atoms with Crippen molar-refractivity contribution in [1.29, 1.82) is 0 Å². The van der Waals surface area contributed by atoms with Gasteiger partial charge in [0.05, 0.1) is 12.1 Å². The van der Waals surface area contributed by atoms with Gasteiger partial charge in [-0.1, -0.05) is 0 Å². The Hall–Kier alpha value is -1.30. The summed E-state index contributed by atoms with van der Waals surface area (Å²) in [5, 5.41) is 6.13. The minimum Gasteiger partial charge on any atom is -0.450 e. The summed E-state index contributed by atoms with van der Waals surface area (Å²) in [6, 6.07) is -0.00301. The second-order valence-corrected chi connectivity index (χ2v) is 5.82. The first-order valence-corrected chi connectivity index (χ1v) is 7.53. The van der Waals surface area contributed by atoms with E-state index in [1.165, 1.54) is 0 Å². The third kappa shape index (κ3) is 3.42. The molecule has 6 nitrogen and oxygen atoms in total. The molecule has 0 aromatic carbocycles. The van der Waals surface area contributed by atoms with Crippen LogP contribution in [0.5, 0.6) is 0 Å². The summed E-state index contributed by atoms with van der Waals surface area (Å²) in [7, 11) is 0. The van der Waals surface area contributed by atoms with Crippen molar-refractivity contribution in [2.75, 3.05) is 26.2 Å². The highest BCUT2D eigenvalue weighted by Gasteiger charge is 2.40. The molecule has 0 aromatic rings. The van der Waals surface area contributed by atoms with Crippen molar-refractivity contribution < 1.29 is 14.3 Å². The van der Waals surface area contributed by atoms with Gasteiger partial charge in [-0.2, -0.15) is 0 Å². The van der Waals surface area contributed by atoms with Gasteiger partial charge in [-0.25, -0.2) is 4.79 Å². The molecule has 2 aliphatic heterocycles. The molecule has 0 aliphatic carbocycles. The summed E-state index contributed by atoms with van der Waals surface area (Å²) in [6.45, 7) is 6.38. The molecule has 2 N–H and O–H groups in total. The lowest BCUT2D eigenvalue weighted by Crippen LogP contribution is -2.57. The van der Waals surface area contributed by atoms with Gasteiger partial charge in [-0.05, 0) is 46.1 Å². The van der Waals surface area contributed by atoms with Crippen molar-refractivity contribution in [2.45, 2.75) is 51.1 Å². The number of likely N-dealkylation sites (tertiary alicyclic amines) is 1. The predicted molar refractivity (Wildman–Crippen MR) is 75.4 cm³/mol. The van der Waals surface area contributed by atoms with Gasteiger partial charge in [-0.3, -0.25) is 4.79 Å². The molecule has 2 amide bonds. The topological polar surface area (TPSA) is 70.7 Å². The lowest BCUT2D eigenvalue weighted by Gasteiger charge is -2.37. The molecule has 2 heterocycles. The number of nitrogens with zero attached hydrogens (tertiary/aromatic N) is 1. The fraction of sp³-hybridized carbons (Fsp3) is 0.857. The number of alkyl carbamates (subject to hydrolysis) is 1. The van der Waals surface area contributed by atoms with Gasteiger partial charge in [0.2, 0.25) is 5.91 Å². The van der Waals surface area contributed by atoms with Crippen LogP contribution in [0.3, 0.4) is 0 Å². The SMILES string of the molecule is CCOC(=O)NC1CCCN(C(=O)C2(C)CCCN2)C1. The standard InChI is InChI=1S/C14H25N3O3/c1-3-20-13(19)16-11-6-4-9-17(10-11)12(18)14(2)7-5-8-15-14/h11,15H,3-10H2,1-2H3,(H,16,19). The van der Waals surface area contributed by atoms with Gasteiger partial charge < -0.3 is 20.3 Å². The van der Waals surface area contributed by atoms with Crippen molar-refractivity contribution in [3.8, 4) is 0 Å². The van der Waals surface area contributed by atoms with Crippen LogP contribution in [0.1, 0.15) is 39.5 Å². The molecule has 114 valence electrons. The molecular weight excluding hydrogens is 258 g/mol. The number of hydrogen-bond acceptors (Lipinski definition) is 4. The maximum Gasteiger partial charge on any atom is 0.407 e. The van der Waals surface area contributed by atoms with E-state index in [4.69, 9.17) is 4.74 Å². The first-order chi connectivity index (χ1) is 9.55. The Morgan fingerprint density at radius 3 is 2.90 bits per heavy atom. The molecule has 2 fully saturated rings. The fourth-order valence-corrected chi connectivity index (χ4v) is 3.04. The molecule has 2 unspecified atom stereocenters.